The molecule has 11 heteroatoms. The van der Waals surface area contributed by atoms with E-state index in [1.54, 1.807) is 0 Å². The van der Waals surface area contributed by atoms with Crippen LogP contribution in [-0.2, 0) is 14.1 Å². The highest BCUT2D eigenvalue weighted by atomic mass is 16.6. The van der Waals surface area contributed by atoms with Crippen molar-refractivity contribution in [3.63, 3.8) is 0 Å². The Labute approximate surface area is 134 Å². The average molecular weight is 330 g/mol. The van der Waals surface area contributed by atoms with Crippen LogP contribution < -0.4 is 16.7 Å². The topological polar surface area (TPSA) is 140 Å². The molecule has 0 radical (unpaired) electrons. The van der Waals surface area contributed by atoms with E-state index in [-0.39, 0.29) is 17.2 Å². The number of benzene rings is 1. The number of nitro groups is 1. The number of diazo groups is 1. The molecule has 0 saturated carbocycles. The Morgan fingerprint density at radius 2 is 1.88 bits per heavy atom. The Bertz CT molecular complexity index is 980. The lowest BCUT2D eigenvalue weighted by Crippen LogP contribution is -2.37. The molecule has 0 unspecified atom stereocenters. The fourth-order valence-electron chi connectivity index (χ4n) is 1.89. The van der Waals surface area contributed by atoms with Crippen LogP contribution in [0.3, 0.4) is 0 Å². The minimum absolute atomic E-state index is 0.0598. The summed E-state index contributed by atoms with van der Waals surface area (Å²) in [4.78, 5) is 36.7. The van der Waals surface area contributed by atoms with Gasteiger partial charge in [-0.05, 0) is 17.7 Å². The Morgan fingerprint density at radius 3 is 2.42 bits per heavy atom. The standard InChI is InChI=1S/C13H11N7O4/c1-18-11(10(16-14)12(21)19(2)13(18)22)17-15-7-8-3-5-9(6-4-8)20(23)24/h3-7H,1-2H3/p+1. The van der Waals surface area contributed by atoms with Crippen LogP contribution in [0.5, 0.6) is 0 Å². The van der Waals surface area contributed by atoms with Crippen molar-refractivity contribution in [1.82, 2.24) is 9.13 Å². The van der Waals surface area contributed by atoms with E-state index in [1.807, 2.05) is 0 Å². The molecular weight excluding hydrogens is 318 g/mol. The van der Waals surface area contributed by atoms with E-state index in [9.17, 15) is 19.7 Å². The first-order valence-corrected chi connectivity index (χ1v) is 6.55. The third-order valence-electron chi connectivity index (χ3n) is 3.23. The van der Waals surface area contributed by atoms with Crippen molar-refractivity contribution in [3.8, 4) is 0 Å². The summed E-state index contributed by atoms with van der Waals surface area (Å²) in [6.45, 7) is 0. The second-order valence-corrected chi connectivity index (χ2v) is 4.72. The highest BCUT2D eigenvalue weighted by Crippen LogP contribution is 2.17. The number of hydrazone groups is 1. The molecular formula is C13H12N7O4+. The number of anilines is 1. The molecule has 0 aliphatic rings. The second kappa shape index (κ2) is 6.53. The van der Waals surface area contributed by atoms with Gasteiger partial charge in [-0.2, -0.15) is 5.10 Å². The molecule has 1 aromatic heterocycles. The summed E-state index contributed by atoms with van der Waals surface area (Å²) >= 11 is 0. The molecule has 0 amide bonds. The van der Waals surface area contributed by atoms with E-state index < -0.39 is 16.2 Å². The fraction of sp³-hybridized carbons (Fsp3) is 0.154. The van der Waals surface area contributed by atoms with Crippen molar-refractivity contribution in [2.24, 2.45) is 19.2 Å². The first kappa shape index (κ1) is 16.6. The van der Waals surface area contributed by atoms with E-state index in [4.69, 9.17) is 5.39 Å². The van der Waals surface area contributed by atoms with Gasteiger partial charge in [0, 0.05) is 26.2 Å². The highest BCUT2D eigenvalue weighted by Gasteiger charge is 2.26. The van der Waals surface area contributed by atoms with Gasteiger partial charge in [0.2, 0.25) is 11.2 Å². The fourth-order valence-corrected chi connectivity index (χ4v) is 1.89. The van der Waals surface area contributed by atoms with E-state index in [1.165, 1.54) is 44.6 Å². The first-order chi connectivity index (χ1) is 11.4. The number of non-ortho nitro benzene ring substituents is 1. The summed E-state index contributed by atoms with van der Waals surface area (Å²) in [5, 5.41) is 23.4. The minimum Gasteiger partial charge on any atom is -0.275 e. The van der Waals surface area contributed by atoms with Crippen LogP contribution in [0.1, 0.15) is 5.56 Å². The molecule has 11 nitrogen and oxygen atoms in total. The molecule has 0 bridgehead atoms. The monoisotopic (exact) mass is 330 g/mol. The van der Waals surface area contributed by atoms with Crippen molar-refractivity contribution in [1.29, 1.82) is 5.39 Å². The summed E-state index contributed by atoms with van der Waals surface area (Å²) in [6, 6.07) is 5.57. The van der Waals surface area contributed by atoms with Gasteiger partial charge >= 0.3 is 16.9 Å². The summed E-state index contributed by atoms with van der Waals surface area (Å²) in [7, 11) is 2.63. The van der Waals surface area contributed by atoms with Gasteiger partial charge in [0.25, 0.3) is 5.69 Å². The predicted octanol–water partition coefficient (Wildman–Crippen LogP) is 0.923. The van der Waals surface area contributed by atoms with Crippen LogP contribution in [-0.4, -0.2) is 20.3 Å². The smallest absolute Gasteiger partial charge is 0.275 e. The van der Waals surface area contributed by atoms with Gasteiger partial charge in [-0.3, -0.25) is 29.5 Å². The molecule has 0 spiro atoms. The maximum atomic E-state index is 11.9. The lowest BCUT2D eigenvalue weighted by atomic mass is 10.2. The van der Waals surface area contributed by atoms with E-state index in [0.29, 0.717) is 5.56 Å². The van der Waals surface area contributed by atoms with Gasteiger partial charge < -0.3 is 0 Å². The lowest BCUT2D eigenvalue weighted by molar-refractivity contribution is -0.384. The highest BCUT2D eigenvalue weighted by molar-refractivity contribution is 5.81. The van der Waals surface area contributed by atoms with Gasteiger partial charge in [0.1, 0.15) is 0 Å². The van der Waals surface area contributed by atoms with Crippen LogP contribution in [0.2, 0.25) is 0 Å². The van der Waals surface area contributed by atoms with E-state index in [0.717, 1.165) is 9.13 Å². The van der Waals surface area contributed by atoms with E-state index in [2.05, 4.69) is 15.5 Å². The number of aromatic nitrogens is 2. The SMILES string of the molecule is Cn1c(NN=Cc2ccc([N+](=O)[O-])cc2)c([N+]#N)c(=O)n(C)c1=O. The molecule has 1 aromatic carbocycles. The molecule has 1 heterocycles. The molecule has 122 valence electrons. The quantitative estimate of drug-likeness (QED) is 0.382. The molecule has 2 aromatic rings. The van der Waals surface area contributed by atoms with Gasteiger partial charge in [-0.1, -0.05) is 0 Å². The normalized spacial score (nSPS) is 10.5. The molecule has 1 N–H and O–H groups in total. The van der Waals surface area contributed by atoms with Gasteiger partial charge in [-0.15, -0.1) is 0 Å². The van der Waals surface area contributed by atoms with Gasteiger partial charge in [0.05, 0.1) is 11.1 Å². The zero-order valence-corrected chi connectivity index (χ0v) is 12.7. The van der Waals surface area contributed by atoms with Crippen molar-refractivity contribution in [2.45, 2.75) is 0 Å². The zero-order valence-electron chi connectivity index (χ0n) is 12.7. The van der Waals surface area contributed by atoms with E-state index >= 15 is 0 Å². The van der Waals surface area contributed by atoms with Crippen LogP contribution in [0.15, 0.2) is 39.0 Å². The number of hydrogen-bond donors (Lipinski definition) is 1. The summed E-state index contributed by atoms with van der Waals surface area (Å²) in [5.41, 5.74) is 1.16. The first-order valence-electron chi connectivity index (χ1n) is 6.55. The zero-order chi connectivity index (χ0) is 17.9. The molecule has 0 atom stereocenters. The van der Waals surface area contributed by atoms with Gasteiger partial charge in [0.15, 0.2) is 4.98 Å². The van der Waals surface area contributed by atoms with Crippen LogP contribution >= 0.6 is 0 Å². The third-order valence-corrected chi connectivity index (χ3v) is 3.23. The third kappa shape index (κ3) is 3.02. The Kier molecular flexibility index (Phi) is 4.50. The van der Waals surface area contributed by atoms with Gasteiger partial charge in [-0.25, -0.2) is 4.79 Å². The molecule has 24 heavy (non-hydrogen) atoms. The Balaban J connectivity index is 2.33. The number of nitrogens with zero attached hydrogens (tertiary/aromatic N) is 6. The number of nitro benzene ring substituents is 1. The largest absolute Gasteiger partial charge is 0.491 e. The Hall–Kier alpha value is -3.81. The lowest BCUT2D eigenvalue weighted by Gasteiger charge is -2.05. The van der Waals surface area contributed by atoms with Crippen molar-refractivity contribution in [2.75, 3.05) is 5.43 Å². The predicted molar refractivity (Wildman–Crippen MR) is 86.0 cm³/mol. The maximum absolute atomic E-state index is 11.9. The minimum atomic E-state index is -0.784. The van der Waals surface area contributed by atoms with Crippen molar-refractivity contribution >= 4 is 23.4 Å². The van der Waals surface area contributed by atoms with Crippen molar-refractivity contribution < 1.29 is 4.92 Å². The molecule has 0 saturated heterocycles. The summed E-state index contributed by atoms with van der Waals surface area (Å²) in [5.74, 6) is -0.0937. The molecule has 0 fully saturated rings. The van der Waals surface area contributed by atoms with Crippen molar-refractivity contribution in [3.05, 3.63) is 65.8 Å². The molecule has 0 aliphatic carbocycles. The molecule has 0 aliphatic heterocycles. The maximum Gasteiger partial charge on any atom is 0.491 e. The van der Waals surface area contributed by atoms with Crippen LogP contribution in [0.4, 0.5) is 17.2 Å². The molecule has 2 rings (SSSR count). The Morgan fingerprint density at radius 1 is 1.25 bits per heavy atom. The number of nitrogens with one attached hydrogen (secondary N) is 1. The second-order valence-electron chi connectivity index (χ2n) is 4.72. The number of rotatable bonds is 4. The average Bonchev–Trinajstić information content (AvgIpc) is 2.58. The number of hydrogen-bond acceptors (Lipinski definition) is 7. The summed E-state index contributed by atoms with van der Waals surface area (Å²) in [6.07, 6.45) is 1.33. The van der Waals surface area contributed by atoms with Crippen LogP contribution in [0, 0.1) is 15.5 Å². The summed E-state index contributed by atoms with van der Waals surface area (Å²) < 4.78 is 1.85. The van der Waals surface area contributed by atoms with Crippen LogP contribution in [0.25, 0.3) is 4.98 Å².